The Morgan fingerprint density at radius 2 is 1.78 bits per heavy atom. The van der Waals surface area contributed by atoms with Crippen molar-refractivity contribution in [2.24, 2.45) is 5.92 Å². The number of amides is 1. The summed E-state index contributed by atoms with van der Waals surface area (Å²) in [5.74, 6) is 1.21. The summed E-state index contributed by atoms with van der Waals surface area (Å²) in [6.45, 7) is 9.54. The van der Waals surface area contributed by atoms with Crippen LogP contribution in [0.1, 0.15) is 39.2 Å². The molecule has 0 fully saturated rings. The number of hydrogen-bond donors (Lipinski definition) is 1. The Morgan fingerprint density at radius 1 is 1.07 bits per heavy atom. The molecule has 0 bridgehead atoms. The van der Waals surface area contributed by atoms with Crippen molar-refractivity contribution in [2.75, 3.05) is 11.1 Å². The van der Waals surface area contributed by atoms with E-state index >= 15 is 0 Å². The van der Waals surface area contributed by atoms with E-state index in [0.29, 0.717) is 17.6 Å². The molecule has 0 aliphatic heterocycles. The van der Waals surface area contributed by atoms with E-state index in [1.54, 1.807) is 0 Å². The fraction of sp³-hybridized carbons (Fsp3) is 0.364. The van der Waals surface area contributed by atoms with Gasteiger partial charge in [0.1, 0.15) is 0 Å². The number of carbonyl (C=O) groups is 1. The van der Waals surface area contributed by atoms with Crippen LogP contribution in [-0.2, 0) is 11.3 Å². The van der Waals surface area contributed by atoms with Gasteiger partial charge >= 0.3 is 0 Å². The summed E-state index contributed by atoms with van der Waals surface area (Å²) in [5.41, 5.74) is 4.15. The number of aromatic nitrogens is 2. The summed E-state index contributed by atoms with van der Waals surface area (Å²) in [7, 11) is 0. The first-order valence-corrected chi connectivity index (χ1v) is 10.4. The number of carbonyl (C=O) groups excluding carboxylic acids is 1. The molecule has 1 amide bonds. The maximum Gasteiger partial charge on any atom is 0.234 e. The van der Waals surface area contributed by atoms with Crippen molar-refractivity contribution in [1.29, 1.82) is 0 Å². The van der Waals surface area contributed by atoms with E-state index in [4.69, 9.17) is 4.98 Å². The Balaban J connectivity index is 1.74. The summed E-state index contributed by atoms with van der Waals surface area (Å²) in [5, 5.41) is 3.96. The summed E-state index contributed by atoms with van der Waals surface area (Å²) >= 11 is 1.50. The van der Waals surface area contributed by atoms with E-state index in [1.807, 2.05) is 36.4 Å². The predicted octanol–water partition coefficient (Wildman–Crippen LogP) is 5.55. The molecule has 0 saturated heterocycles. The lowest BCUT2D eigenvalue weighted by Crippen LogP contribution is -2.16. The average Bonchev–Trinajstić information content (AvgIpc) is 2.97. The molecule has 1 aromatic heterocycles. The van der Waals surface area contributed by atoms with E-state index in [9.17, 15) is 4.79 Å². The number of nitrogens with one attached hydrogen (secondary N) is 1. The molecule has 0 unspecified atom stereocenters. The fourth-order valence-electron chi connectivity index (χ4n) is 3.14. The zero-order valence-electron chi connectivity index (χ0n) is 16.4. The molecule has 0 aliphatic rings. The standard InChI is InChI=1S/C22H27N3OS/c1-15(2)13-25-20-12-8-7-11-19(20)24-22(25)27-14-21(26)23-18-10-6-5-9-17(18)16(3)4/h5-12,15-16H,13-14H2,1-4H3,(H,23,26). The normalized spacial score (nSPS) is 11.5. The third-order valence-corrected chi connectivity index (χ3v) is 5.33. The highest BCUT2D eigenvalue weighted by atomic mass is 32.2. The van der Waals surface area contributed by atoms with Crippen molar-refractivity contribution in [3.8, 4) is 0 Å². The average molecular weight is 382 g/mol. The van der Waals surface area contributed by atoms with Crippen LogP contribution in [0, 0.1) is 5.92 Å². The molecule has 3 rings (SSSR count). The maximum atomic E-state index is 12.5. The molecule has 0 radical (unpaired) electrons. The smallest absolute Gasteiger partial charge is 0.234 e. The Kier molecular flexibility index (Phi) is 6.22. The van der Waals surface area contributed by atoms with Gasteiger partial charge in [0.15, 0.2) is 5.16 Å². The fourth-order valence-corrected chi connectivity index (χ4v) is 3.96. The van der Waals surface area contributed by atoms with Crippen LogP contribution in [0.3, 0.4) is 0 Å². The van der Waals surface area contributed by atoms with Crippen LogP contribution in [0.15, 0.2) is 53.7 Å². The lowest BCUT2D eigenvalue weighted by atomic mass is 10.0. The maximum absolute atomic E-state index is 12.5. The minimum absolute atomic E-state index is 0.00347. The van der Waals surface area contributed by atoms with Crippen LogP contribution in [-0.4, -0.2) is 21.2 Å². The van der Waals surface area contributed by atoms with E-state index in [2.05, 4.69) is 49.7 Å². The van der Waals surface area contributed by atoms with Gasteiger partial charge in [0.05, 0.1) is 16.8 Å². The number of imidazole rings is 1. The van der Waals surface area contributed by atoms with Gasteiger partial charge in [0.25, 0.3) is 0 Å². The molecule has 27 heavy (non-hydrogen) atoms. The number of benzene rings is 2. The Labute approximate surface area is 165 Å². The summed E-state index contributed by atoms with van der Waals surface area (Å²) < 4.78 is 2.22. The summed E-state index contributed by atoms with van der Waals surface area (Å²) in [6.07, 6.45) is 0. The first kappa shape index (κ1) is 19.5. The monoisotopic (exact) mass is 381 g/mol. The molecule has 1 heterocycles. The van der Waals surface area contributed by atoms with Gasteiger partial charge in [-0.2, -0.15) is 0 Å². The first-order valence-electron chi connectivity index (χ1n) is 9.42. The number of anilines is 1. The van der Waals surface area contributed by atoms with Crippen molar-refractivity contribution in [3.05, 3.63) is 54.1 Å². The van der Waals surface area contributed by atoms with Crippen LogP contribution in [0.5, 0.6) is 0 Å². The van der Waals surface area contributed by atoms with Gasteiger partial charge in [-0.25, -0.2) is 4.98 Å². The number of hydrogen-bond acceptors (Lipinski definition) is 3. The van der Waals surface area contributed by atoms with Crippen molar-refractivity contribution >= 4 is 34.4 Å². The predicted molar refractivity (Wildman–Crippen MR) is 114 cm³/mol. The third-order valence-electron chi connectivity index (χ3n) is 4.36. The van der Waals surface area contributed by atoms with Gasteiger partial charge in [0, 0.05) is 12.2 Å². The molecule has 0 saturated carbocycles. The Bertz CT molecular complexity index is 930. The Morgan fingerprint density at radius 3 is 2.52 bits per heavy atom. The van der Waals surface area contributed by atoms with Crippen LogP contribution in [0.4, 0.5) is 5.69 Å². The second-order valence-electron chi connectivity index (χ2n) is 7.47. The number of thioether (sulfide) groups is 1. The lowest BCUT2D eigenvalue weighted by molar-refractivity contribution is -0.113. The molecule has 2 aromatic carbocycles. The minimum Gasteiger partial charge on any atom is -0.325 e. The van der Waals surface area contributed by atoms with Gasteiger partial charge in [-0.3, -0.25) is 4.79 Å². The number of fused-ring (bicyclic) bond motifs is 1. The van der Waals surface area contributed by atoms with Gasteiger partial charge in [-0.1, -0.05) is 69.8 Å². The largest absolute Gasteiger partial charge is 0.325 e. The molecular formula is C22H27N3OS. The van der Waals surface area contributed by atoms with E-state index in [0.717, 1.165) is 34.0 Å². The topological polar surface area (TPSA) is 46.9 Å². The van der Waals surface area contributed by atoms with Crippen LogP contribution in [0.25, 0.3) is 11.0 Å². The summed E-state index contributed by atoms with van der Waals surface area (Å²) in [6, 6.07) is 16.1. The van der Waals surface area contributed by atoms with E-state index in [1.165, 1.54) is 11.8 Å². The van der Waals surface area contributed by atoms with E-state index in [-0.39, 0.29) is 5.91 Å². The first-order chi connectivity index (χ1) is 13.0. The second-order valence-corrected chi connectivity index (χ2v) is 8.41. The minimum atomic E-state index is -0.00347. The Hall–Kier alpha value is -2.27. The SMILES string of the molecule is CC(C)Cn1c(SCC(=O)Nc2ccccc2C(C)C)nc2ccccc21. The number of rotatable bonds is 7. The summed E-state index contributed by atoms with van der Waals surface area (Å²) in [4.78, 5) is 17.3. The van der Waals surface area contributed by atoms with Crippen LogP contribution < -0.4 is 5.32 Å². The van der Waals surface area contributed by atoms with Crippen molar-refractivity contribution in [1.82, 2.24) is 9.55 Å². The molecule has 142 valence electrons. The molecule has 0 atom stereocenters. The molecule has 0 spiro atoms. The van der Waals surface area contributed by atoms with Crippen molar-refractivity contribution < 1.29 is 4.79 Å². The number of para-hydroxylation sites is 3. The van der Waals surface area contributed by atoms with Gasteiger partial charge < -0.3 is 9.88 Å². The van der Waals surface area contributed by atoms with Gasteiger partial charge in [-0.15, -0.1) is 0 Å². The molecule has 3 aromatic rings. The second kappa shape index (κ2) is 8.61. The molecule has 0 aliphatic carbocycles. The van der Waals surface area contributed by atoms with Gasteiger partial charge in [0.2, 0.25) is 5.91 Å². The third kappa shape index (κ3) is 4.72. The van der Waals surface area contributed by atoms with Crippen molar-refractivity contribution in [2.45, 2.75) is 45.3 Å². The van der Waals surface area contributed by atoms with Crippen molar-refractivity contribution in [3.63, 3.8) is 0 Å². The van der Waals surface area contributed by atoms with Crippen LogP contribution in [0.2, 0.25) is 0 Å². The molecule has 1 N–H and O–H groups in total. The highest BCUT2D eigenvalue weighted by molar-refractivity contribution is 7.99. The molecule has 4 nitrogen and oxygen atoms in total. The molecule has 5 heteroatoms. The number of nitrogens with zero attached hydrogens (tertiary/aromatic N) is 2. The van der Waals surface area contributed by atoms with E-state index < -0.39 is 0 Å². The van der Waals surface area contributed by atoms with Gasteiger partial charge in [-0.05, 0) is 35.6 Å². The quantitative estimate of drug-likeness (QED) is 0.546. The zero-order valence-corrected chi connectivity index (χ0v) is 17.2. The molecular weight excluding hydrogens is 354 g/mol. The lowest BCUT2D eigenvalue weighted by Gasteiger charge is -2.14. The highest BCUT2D eigenvalue weighted by Gasteiger charge is 2.15. The zero-order chi connectivity index (χ0) is 19.4. The highest BCUT2D eigenvalue weighted by Crippen LogP contribution is 2.27. The van der Waals surface area contributed by atoms with Crippen LogP contribution >= 0.6 is 11.8 Å².